The monoisotopic (exact) mass is 254 g/mol. The van der Waals surface area contributed by atoms with Crippen LogP contribution in [0.15, 0.2) is 12.7 Å². The minimum Gasteiger partial charge on any atom is -0.480 e. The zero-order valence-corrected chi connectivity index (χ0v) is 11.0. The van der Waals surface area contributed by atoms with Gasteiger partial charge in [0, 0.05) is 19.1 Å². The Morgan fingerprint density at radius 2 is 2.00 bits per heavy atom. The molecule has 0 aliphatic heterocycles. The molecule has 1 aliphatic rings. The molecule has 0 aromatic heterocycles. The zero-order valence-electron chi connectivity index (χ0n) is 11.0. The number of hydrogen-bond acceptors (Lipinski definition) is 2. The Kier molecular flexibility index (Phi) is 5.68. The van der Waals surface area contributed by atoms with E-state index in [0.717, 1.165) is 25.7 Å². The molecule has 0 spiro atoms. The van der Waals surface area contributed by atoms with Gasteiger partial charge in [-0.15, -0.1) is 6.58 Å². The summed E-state index contributed by atoms with van der Waals surface area (Å²) in [5, 5.41) is 8.83. The number of nitrogens with zero attached hydrogens (tertiary/aromatic N) is 2. The molecule has 0 aromatic carbocycles. The van der Waals surface area contributed by atoms with E-state index in [1.807, 2.05) is 6.92 Å². The van der Waals surface area contributed by atoms with Gasteiger partial charge in [-0.25, -0.2) is 4.79 Å². The lowest BCUT2D eigenvalue weighted by atomic mass is 10.2. The summed E-state index contributed by atoms with van der Waals surface area (Å²) in [6, 6.07) is 0.0790. The Morgan fingerprint density at radius 3 is 2.44 bits per heavy atom. The molecule has 102 valence electrons. The third-order valence-electron chi connectivity index (χ3n) is 3.30. The highest BCUT2D eigenvalue weighted by Crippen LogP contribution is 2.24. The Balaban J connectivity index is 2.71. The summed E-state index contributed by atoms with van der Waals surface area (Å²) in [5.74, 6) is -0.993. The van der Waals surface area contributed by atoms with Crippen LogP contribution in [-0.2, 0) is 4.79 Å². The number of rotatable bonds is 6. The highest BCUT2D eigenvalue weighted by atomic mass is 16.4. The second-order valence-electron chi connectivity index (χ2n) is 4.57. The fourth-order valence-corrected chi connectivity index (χ4v) is 2.48. The summed E-state index contributed by atoms with van der Waals surface area (Å²) >= 11 is 0. The highest BCUT2D eigenvalue weighted by molar-refractivity contribution is 5.80. The van der Waals surface area contributed by atoms with E-state index in [2.05, 4.69) is 6.58 Å². The van der Waals surface area contributed by atoms with Crippen molar-refractivity contribution < 1.29 is 14.7 Å². The van der Waals surface area contributed by atoms with Gasteiger partial charge in [0.2, 0.25) is 0 Å². The average molecular weight is 254 g/mol. The summed E-state index contributed by atoms with van der Waals surface area (Å²) in [6.45, 7) is 6.13. The number of amides is 2. The molecule has 0 heterocycles. The van der Waals surface area contributed by atoms with Gasteiger partial charge in [0.05, 0.1) is 0 Å². The third kappa shape index (κ3) is 3.75. The van der Waals surface area contributed by atoms with Crippen LogP contribution in [0.25, 0.3) is 0 Å². The van der Waals surface area contributed by atoms with Crippen molar-refractivity contribution in [1.29, 1.82) is 0 Å². The predicted octanol–water partition coefficient (Wildman–Crippen LogP) is 1.94. The first-order valence-corrected chi connectivity index (χ1v) is 6.48. The molecule has 1 saturated carbocycles. The number of carbonyl (C=O) groups excluding carboxylic acids is 1. The Morgan fingerprint density at radius 1 is 1.39 bits per heavy atom. The van der Waals surface area contributed by atoms with Crippen molar-refractivity contribution >= 4 is 12.0 Å². The van der Waals surface area contributed by atoms with E-state index in [9.17, 15) is 9.59 Å². The van der Waals surface area contributed by atoms with Crippen molar-refractivity contribution in [2.24, 2.45) is 0 Å². The molecule has 1 fully saturated rings. The van der Waals surface area contributed by atoms with E-state index in [0.29, 0.717) is 6.54 Å². The van der Waals surface area contributed by atoms with Gasteiger partial charge in [-0.2, -0.15) is 0 Å². The quantitative estimate of drug-likeness (QED) is 0.737. The maximum atomic E-state index is 12.3. The predicted molar refractivity (Wildman–Crippen MR) is 69.4 cm³/mol. The molecule has 0 bridgehead atoms. The van der Waals surface area contributed by atoms with E-state index in [-0.39, 0.29) is 25.2 Å². The molecule has 2 amide bonds. The molecule has 1 N–H and O–H groups in total. The number of hydrogen-bond donors (Lipinski definition) is 1. The molecule has 1 rings (SSSR count). The molecular formula is C13H22N2O3. The van der Waals surface area contributed by atoms with E-state index in [4.69, 9.17) is 5.11 Å². The van der Waals surface area contributed by atoms with Crippen molar-refractivity contribution in [2.75, 3.05) is 19.6 Å². The largest absolute Gasteiger partial charge is 0.480 e. The van der Waals surface area contributed by atoms with Crippen LogP contribution in [0.1, 0.15) is 32.6 Å². The minimum absolute atomic E-state index is 0.188. The number of aliphatic carboxylic acids is 1. The fourth-order valence-electron chi connectivity index (χ4n) is 2.48. The smallest absolute Gasteiger partial charge is 0.323 e. The van der Waals surface area contributed by atoms with Crippen molar-refractivity contribution in [3.05, 3.63) is 12.7 Å². The second-order valence-corrected chi connectivity index (χ2v) is 4.57. The molecule has 5 nitrogen and oxygen atoms in total. The van der Waals surface area contributed by atoms with Gasteiger partial charge < -0.3 is 14.9 Å². The van der Waals surface area contributed by atoms with Crippen LogP contribution in [0, 0.1) is 0 Å². The first-order valence-electron chi connectivity index (χ1n) is 6.48. The maximum absolute atomic E-state index is 12.3. The third-order valence-corrected chi connectivity index (χ3v) is 3.30. The first-order chi connectivity index (χ1) is 8.60. The van der Waals surface area contributed by atoms with Gasteiger partial charge in [-0.05, 0) is 19.8 Å². The van der Waals surface area contributed by atoms with Crippen LogP contribution in [0.3, 0.4) is 0 Å². The van der Waals surface area contributed by atoms with Gasteiger partial charge in [-0.3, -0.25) is 4.79 Å². The number of carboxylic acids is 1. The van der Waals surface area contributed by atoms with Crippen molar-refractivity contribution in [2.45, 2.75) is 38.6 Å². The SMILES string of the molecule is C=CCN(CC(=O)O)C(=O)N(CC)C1CCCC1. The van der Waals surface area contributed by atoms with Gasteiger partial charge in [0.15, 0.2) is 0 Å². The minimum atomic E-state index is -0.993. The molecule has 0 aromatic rings. The van der Waals surface area contributed by atoms with Crippen molar-refractivity contribution in [1.82, 2.24) is 9.80 Å². The van der Waals surface area contributed by atoms with Gasteiger partial charge in [0.25, 0.3) is 0 Å². The van der Waals surface area contributed by atoms with E-state index >= 15 is 0 Å². The van der Waals surface area contributed by atoms with E-state index < -0.39 is 5.97 Å². The lowest BCUT2D eigenvalue weighted by molar-refractivity contribution is -0.137. The molecule has 1 aliphatic carbocycles. The van der Waals surface area contributed by atoms with Crippen LogP contribution in [0.4, 0.5) is 4.79 Å². The summed E-state index contributed by atoms with van der Waals surface area (Å²) in [6.07, 6.45) is 5.90. The number of carboxylic acid groups (broad SMARTS) is 1. The molecule has 0 atom stereocenters. The molecular weight excluding hydrogens is 232 g/mol. The summed E-state index contributed by atoms with van der Waals surface area (Å²) < 4.78 is 0. The van der Waals surface area contributed by atoms with Crippen LogP contribution in [0.2, 0.25) is 0 Å². The second kappa shape index (κ2) is 7.03. The molecule has 0 radical (unpaired) electrons. The molecule has 0 unspecified atom stereocenters. The summed E-state index contributed by atoms with van der Waals surface area (Å²) in [4.78, 5) is 26.2. The summed E-state index contributed by atoms with van der Waals surface area (Å²) in [5.41, 5.74) is 0. The topological polar surface area (TPSA) is 60.9 Å². The molecule has 18 heavy (non-hydrogen) atoms. The van der Waals surface area contributed by atoms with E-state index in [1.165, 1.54) is 4.90 Å². The number of urea groups is 1. The van der Waals surface area contributed by atoms with Crippen LogP contribution >= 0.6 is 0 Å². The lowest BCUT2D eigenvalue weighted by Crippen LogP contribution is -2.48. The van der Waals surface area contributed by atoms with Crippen LogP contribution in [-0.4, -0.2) is 52.6 Å². The average Bonchev–Trinajstić information content (AvgIpc) is 2.82. The van der Waals surface area contributed by atoms with E-state index in [1.54, 1.807) is 11.0 Å². The van der Waals surface area contributed by atoms with Gasteiger partial charge in [0.1, 0.15) is 6.54 Å². The van der Waals surface area contributed by atoms with Crippen molar-refractivity contribution in [3.8, 4) is 0 Å². The lowest BCUT2D eigenvalue weighted by Gasteiger charge is -2.32. The van der Waals surface area contributed by atoms with Crippen LogP contribution in [0.5, 0.6) is 0 Å². The van der Waals surface area contributed by atoms with Gasteiger partial charge >= 0.3 is 12.0 Å². The maximum Gasteiger partial charge on any atom is 0.323 e. The Hall–Kier alpha value is -1.52. The summed E-state index contributed by atoms with van der Waals surface area (Å²) in [7, 11) is 0. The highest BCUT2D eigenvalue weighted by Gasteiger charge is 2.28. The fraction of sp³-hybridized carbons (Fsp3) is 0.692. The standard InChI is InChI=1S/C13H22N2O3/c1-3-9-14(10-12(16)17)13(18)15(4-2)11-7-5-6-8-11/h3,11H,1,4-10H2,2H3,(H,16,17). The molecule has 5 heteroatoms. The zero-order chi connectivity index (χ0) is 13.5. The first kappa shape index (κ1) is 14.5. The normalized spacial score (nSPS) is 15.4. The number of carbonyl (C=O) groups is 2. The van der Waals surface area contributed by atoms with Crippen molar-refractivity contribution in [3.63, 3.8) is 0 Å². The molecule has 0 saturated heterocycles. The Labute approximate surface area is 108 Å². The Bertz CT molecular complexity index is 311. The van der Waals surface area contributed by atoms with Gasteiger partial charge in [-0.1, -0.05) is 18.9 Å². The van der Waals surface area contributed by atoms with Crippen LogP contribution < -0.4 is 0 Å².